The maximum atomic E-state index is 12.6. The van der Waals surface area contributed by atoms with Crippen molar-refractivity contribution in [3.63, 3.8) is 0 Å². The van der Waals surface area contributed by atoms with Crippen molar-refractivity contribution < 1.29 is 18.0 Å². The molecule has 0 radical (unpaired) electrons. The molecule has 2 aromatic rings. The maximum Gasteiger partial charge on any atom is 0.406 e. The van der Waals surface area contributed by atoms with Gasteiger partial charge in [0.1, 0.15) is 6.54 Å². The Kier molecular flexibility index (Phi) is 5.18. The molecule has 0 bridgehead atoms. The number of fused-ring (bicyclic) bond motifs is 1. The van der Waals surface area contributed by atoms with Gasteiger partial charge in [0.05, 0.1) is 11.1 Å². The highest BCUT2D eigenvalue weighted by Crippen LogP contribution is 2.31. The number of aromatic nitrogens is 2. The monoisotopic (exact) mass is 412 g/mol. The zero-order chi connectivity index (χ0) is 19.9. The lowest BCUT2D eigenvalue weighted by Gasteiger charge is -2.35. The molecule has 0 spiro atoms. The van der Waals surface area contributed by atoms with Crippen molar-refractivity contribution in [3.8, 4) is 0 Å². The molecule has 5 nitrogen and oxygen atoms in total. The summed E-state index contributed by atoms with van der Waals surface area (Å²) >= 11 is 5.95. The van der Waals surface area contributed by atoms with E-state index in [0.29, 0.717) is 30.2 Å². The van der Waals surface area contributed by atoms with Gasteiger partial charge in [0.25, 0.3) is 0 Å². The van der Waals surface area contributed by atoms with Gasteiger partial charge in [-0.3, -0.25) is 9.69 Å². The standard InChI is InChI=1S/C19H20ClF3N4O/c20-14-9-13-1-2-15(25-17(13)24-10-14)12-3-6-26(7-4-12)16-5-8-27(18(16)28)11-19(21,22)23/h1-2,9-10,12,16H,3-8,11H2. The number of amides is 1. The zero-order valence-electron chi connectivity index (χ0n) is 15.1. The van der Waals surface area contributed by atoms with E-state index in [1.165, 1.54) is 0 Å². The van der Waals surface area contributed by atoms with Crippen molar-refractivity contribution in [3.05, 3.63) is 35.1 Å². The van der Waals surface area contributed by atoms with Crippen LogP contribution in [0.3, 0.4) is 0 Å². The van der Waals surface area contributed by atoms with E-state index in [4.69, 9.17) is 11.6 Å². The first-order valence-electron chi connectivity index (χ1n) is 9.32. The van der Waals surface area contributed by atoms with Crippen LogP contribution in [0.2, 0.25) is 5.02 Å². The molecule has 2 aliphatic heterocycles. The topological polar surface area (TPSA) is 49.3 Å². The lowest BCUT2D eigenvalue weighted by Crippen LogP contribution is -2.46. The van der Waals surface area contributed by atoms with Crippen LogP contribution in [0, 0.1) is 0 Å². The van der Waals surface area contributed by atoms with E-state index in [1.54, 1.807) is 6.20 Å². The molecule has 0 aromatic carbocycles. The Morgan fingerprint density at radius 3 is 2.61 bits per heavy atom. The molecule has 1 unspecified atom stereocenters. The first-order valence-corrected chi connectivity index (χ1v) is 9.70. The minimum absolute atomic E-state index is 0.170. The Bertz CT molecular complexity index is 883. The van der Waals surface area contributed by atoms with Gasteiger partial charge in [-0.25, -0.2) is 9.97 Å². The van der Waals surface area contributed by atoms with Gasteiger partial charge in [0, 0.05) is 29.7 Å². The van der Waals surface area contributed by atoms with Crippen molar-refractivity contribution >= 4 is 28.5 Å². The summed E-state index contributed by atoms with van der Waals surface area (Å²) in [6.45, 7) is 0.365. The number of rotatable bonds is 3. The number of alkyl halides is 3. The van der Waals surface area contributed by atoms with Crippen LogP contribution >= 0.6 is 11.6 Å². The molecular formula is C19H20ClF3N4O. The number of nitrogens with zero attached hydrogens (tertiary/aromatic N) is 4. The van der Waals surface area contributed by atoms with Crippen LogP contribution in [0.4, 0.5) is 13.2 Å². The third kappa shape index (κ3) is 4.07. The molecule has 2 fully saturated rings. The van der Waals surface area contributed by atoms with E-state index < -0.39 is 24.7 Å². The third-order valence-corrected chi connectivity index (χ3v) is 5.77. The van der Waals surface area contributed by atoms with Gasteiger partial charge in [-0.2, -0.15) is 13.2 Å². The fourth-order valence-corrected chi connectivity index (χ4v) is 4.33. The molecule has 0 N–H and O–H groups in total. The molecule has 0 saturated carbocycles. The van der Waals surface area contributed by atoms with Gasteiger partial charge in [-0.1, -0.05) is 11.6 Å². The number of carbonyl (C=O) groups is 1. The minimum Gasteiger partial charge on any atom is -0.332 e. The van der Waals surface area contributed by atoms with Crippen molar-refractivity contribution in [2.75, 3.05) is 26.2 Å². The van der Waals surface area contributed by atoms with Crippen LogP contribution in [0.15, 0.2) is 24.4 Å². The van der Waals surface area contributed by atoms with Crippen LogP contribution in [-0.2, 0) is 4.79 Å². The Morgan fingerprint density at radius 1 is 1.14 bits per heavy atom. The number of halogens is 4. The lowest BCUT2D eigenvalue weighted by atomic mass is 9.92. The van der Waals surface area contributed by atoms with Gasteiger partial charge >= 0.3 is 6.18 Å². The van der Waals surface area contributed by atoms with Gasteiger partial charge in [-0.05, 0) is 50.6 Å². The summed E-state index contributed by atoms with van der Waals surface area (Å²) in [6.07, 6.45) is -0.692. The second-order valence-corrected chi connectivity index (χ2v) is 7.86. The Hall–Kier alpha value is -1.93. The summed E-state index contributed by atoms with van der Waals surface area (Å²) in [5, 5.41) is 1.45. The lowest BCUT2D eigenvalue weighted by molar-refractivity contribution is -0.159. The fraction of sp³-hybridized carbons (Fsp3) is 0.526. The van der Waals surface area contributed by atoms with Crippen LogP contribution in [0.5, 0.6) is 0 Å². The highest BCUT2D eigenvalue weighted by Gasteiger charge is 2.42. The molecule has 9 heteroatoms. The molecule has 4 heterocycles. The van der Waals surface area contributed by atoms with Crippen molar-refractivity contribution in [1.82, 2.24) is 19.8 Å². The average molecular weight is 413 g/mol. The normalized spacial score (nSPS) is 22.4. The first-order chi connectivity index (χ1) is 13.3. The Morgan fingerprint density at radius 2 is 1.89 bits per heavy atom. The van der Waals surface area contributed by atoms with E-state index in [-0.39, 0.29) is 12.5 Å². The summed E-state index contributed by atoms with van der Waals surface area (Å²) in [5.41, 5.74) is 1.61. The highest BCUT2D eigenvalue weighted by molar-refractivity contribution is 6.31. The number of hydrogen-bond donors (Lipinski definition) is 0. The fourth-order valence-electron chi connectivity index (χ4n) is 4.17. The second-order valence-electron chi connectivity index (χ2n) is 7.43. The quantitative estimate of drug-likeness (QED) is 0.772. The van der Waals surface area contributed by atoms with E-state index in [2.05, 4.69) is 9.97 Å². The summed E-state index contributed by atoms with van der Waals surface area (Å²) in [6, 6.07) is 5.32. The Balaban J connectivity index is 1.38. The van der Waals surface area contributed by atoms with E-state index in [9.17, 15) is 18.0 Å². The number of pyridine rings is 2. The second kappa shape index (κ2) is 7.48. The molecule has 4 rings (SSSR count). The van der Waals surface area contributed by atoms with Crippen LogP contribution in [0.1, 0.15) is 30.9 Å². The molecule has 28 heavy (non-hydrogen) atoms. The number of carbonyl (C=O) groups excluding carboxylic acids is 1. The summed E-state index contributed by atoms with van der Waals surface area (Å²) < 4.78 is 37.8. The summed E-state index contributed by atoms with van der Waals surface area (Å²) in [4.78, 5) is 24.2. The van der Waals surface area contributed by atoms with Crippen LogP contribution < -0.4 is 0 Å². The SMILES string of the molecule is O=C1C(N2CCC(c3ccc4cc(Cl)cnc4n3)CC2)CCN1CC(F)(F)F. The predicted octanol–water partition coefficient (Wildman–Crippen LogP) is 3.63. The highest BCUT2D eigenvalue weighted by atomic mass is 35.5. The third-order valence-electron chi connectivity index (χ3n) is 5.56. The van der Waals surface area contributed by atoms with Gasteiger partial charge in [-0.15, -0.1) is 0 Å². The van der Waals surface area contributed by atoms with Crippen molar-refractivity contribution in [2.45, 2.75) is 37.4 Å². The largest absolute Gasteiger partial charge is 0.406 e. The first kappa shape index (κ1) is 19.4. The number of likely N-dealkylation sites (tertiary alicyclic amines) is 2. The van der Waals surface area contributed by atoms with Crippen molar-refractivity contribution in [2.24, 2.45) is 0 Å². The van der Waals surface area contributed by atoms with E-state index in [0.717, 1.165) is 28.8 Å². The number of hydrogen-bond acceptors (Lipinski definition) is 4. The maximum absolute atomic E-state index is 12.6. The van der Waals surface area contributed by atoms with E-state index in [1.807, 2.05) is 23.1 Å². The molecule has 2 saturated heterocycles. The molecule has 1 atom stereocenters. The zero-order valence-corrected chi connectivity index (χ0v) is 15.9. The van der Waals surface area contributed by atoms with Gasteiger partial charge < -0.3 is 4.90 Å². The van der Waals surface area contributed by atoms with Gasteiger partial charge in [0.15, 0.2) is 5.65 Å². The molecule has 2 aromatic heterocycles. The average Bonchev–Trinajstić information content (AvgIpc) is 3.00. The molecule has 150 valence electrons. The molecule has 1 amide bonds. The summed E-state index contributed by atoms with van der Waals surface area (Å²) in [7, 11) is 0. The summed E-state index contributed by atoms with van der Waals surface area (Å²) in [5.74, 6) is -0.151. The Labute approximate surface area is 165 Å². The van der Waals surface area contributed by atoms with Crippen LogP contribution in [-0.4, -0.2) is 64.1 Å². The predicted molar refractivity (Wildman–Crippen MR) is 99.1 cm³/mol. The molecule has 0 aliphatic carbocycles. The minimum atomic E-state index is -4.35. The van der Waals surface area contributed by atoms with Crippen LogP contribution in [0.25, 0.3) is 11.0 Å². The smallest absolute Gasteiger partial charge is 0.332 e. The molecule has 2 aliphatic rings. The van der Waals surface area contributed by atoms with E-state index >= 15 is 0 Å². The number of piperidine rings is 1. The molecular weight excluding hydrogens is 393 g/mol. The van der Waals surface area contributed by atoms with Gasteiger partial charge in [0.2, 0.25) is 5.91 Å². The van der Waals surface area contributed by atoms with Crippen molar-refractivity contribution in [1.29, 1.82) is 0 Å².